The molecule has 0 amide bonds. The van der Waals surface area contributed by atoms with Crippen LogP contribution >= 0.6 is 0 Å². The number of ether oxygens (including phenoxy) is 1. The molecule has 24 heavy (non-hydrogen) atoms. The highest BCUT2D eigenvalue weighted by atomic mass is 32.2. The summed E-state index contributed by atoms with van der Waals surface area (Å²) in [5.74, 6) is 1.32. The van der Waals surface area contributed by atoms with Crippen LogP contribution in [0.25, 0.3) is 11.0 Å². The zero-order valence-electron chi connectivity index (χ0n) is 13.4. The lowest BCUT2D eigenvalue weighted by molar-refractivity contribution is 0.166. The van der Waals surface area contributed by atoms with Gasteiger partial charge in [-0.05, 0) is 24.3 Å². The Bertz CT molecular complexity index is 930. The normalized spacial score (nSPS) is 13.4. The van der Waals surface area contributed by atoms with E-state index < -0.39 is 16.1 Å². The van der Waals surface area contributed by atoms with Crippen molar-refractivity contribution in [2.45, 2.75) is 24.3 Å². The molecule has 7 nitrogen and oxygen atoms in total. The van der Waals surface area contributed by atoms with Crippen LogP contribution in [0.5, 0.6) is 0 Å². The molecule has 3 heterocycles. The van der Waals surface area contributed by atoms with Crippen LogP contribution in [0.1, 0.15) is 24.5 Å². The van der Waals surface area contributed by atoms with Gasteiger partial charge >= 0.3 is 0 Å². The molecule has 0 saturated heterocycles. The Morgan fingerprint density at radius 2 is 2.21 bits per heavy atom. The lowest BCUT2D eigenvalue weighted by Crippen LogP contribution is -2.31. The second-order valence-corrected chi connectivity index (χ2v) is 7.02. The minimum Gasteiger partial charge on any atom is -0.464 e. The van der Waals surface area contributed by atoms with Crippen LogP contribution in [-0.2, 0) is 21.2 Å². The monoisotopic (exact) mass is 349 g/mol. The van der Waals surface area contributed by atoms with Crippen molar-refractivity contribution in [3.05, 3.63) is 48.2 Å². The van der Waals surface area contributed by atoms with Gasteiger partial charge in [0.2, 0.25) is 10.0 Å². The van der Waals surface area contributed by atoms with E-state index in [0.29, 0.717) is 16.8 Å². The van der Waals surface area contributed by atoms with Crippen LogP contribution in [0.15, 0.2) is 46.0 Å². The van der Waals surface area contributed by atoms with E-state index in [0.717, 1.165) is 12.2 Å². The topological polar surface area (TPSA) is 97.2 Å². The lowest BCUT2D eigenvalue weighted by atomic mass is 10.2. The molecule has 3 aromatic heterocycles. The number of hydrogen-bond acceptors (Lipinski definition) is 5. The molecule has 0 aliphatic carbocycles. The number of sulfonamides is 1. The summed E-state index contributed by atoms with van der Waals surface area (Å²) in [4.78, 5) is 7.13. The number of pyridine rings is 1. The maximum Gasteiger partial charge on any atom is 0.243 e. The lowest BCUT2D eigenvalue weighted by Gasteiger charge is -2.15. The molecule has 0 aliphatic rings. The Labute approximate surface area is 140 Å². The predicted octanol–water partition coefficient (Wildman–Crippen LogP) is 2.38. The van der Waals surface area contributed by atoms with Crippen molar-refractivity contribution < 1.29 is 17.6 Å². The molecule has 0 aromatic carbocycles. The molecule has 0 bridgehead atoms. The molecule has 1 atom stereocenters. The van der Waals surface area contributed by atoms with Gasteiger partial charge < -0.3 is 14.1 Å². The van der Waals surface area contributed by atoms with Gasteiger partial charge in [-0.25, -0.2) is 13.4 Å². The number of nitrogens with zero attached hydrogens (tertiary/aromatic N) is 1. The average Bonchev–Trinajstić information content (AvgIpc) is 3.21. The van der Waals surface area contributed by atoms with E-state index in [1.165, 1.54) is 13.3 Å². The van der Waals surface area contributed by atoms with Crippen molar-refractivity contribution in [1.29, 1.82) is 0 Å². The highest BCUT2D eigenvalue weighted by Gasteiger charge is 2.26. The summed E-state index contributed by atoms with van der Waals surface area (Å²) in [5.41, 5.74) is 0.521. The third-order valence-electron chi connectivity index (χ3n) is 3.71. The fourth-order valence-electron chi connectivity index (χ4n) is 2.52. The Balaban J connectivity index is 1.93. The zero-order chi connectivity index (χ0) is 17.2. The Morgan fingerprint density at radius 1 is 1.38 bits per heavy atom. The number of nitrogens with one attached hydrogen (secondary N) is 2. The maximum atomic E-state index is 12.8. The van der Waals surface area contributed by atoms with E-state index in [-0.39, 0.29) is 11.5 Å². The summed E-state index contributed by atoms with van der Waals surface area (Å²) in [5, 5.41) is 0.537. The first kappa shape index (κ1) is 16.7. The SMILES string of the molecule is CCc1ccc([C@@H](COC)NS(=O)(=O)c2c[nH]c3ncccc23)o1. The van der Waals surface area contributed by atoms with E-state index >= 15 is 0 Å². The number of H-pyrrole nitrogens is 1. The molecule has 2 N–H and O–H groups in total. The second-order valence-electron chi connectivity index (χ2n) is 5.34. The number of rotatable bonds is 7. The molecule has 128 valence electrons. The molecule has 0 aliphatic heterocycles. The maximum absolute atomic E-state index is 12.8. The number of fused-ring (bicyclic) bond motifs is 1. The zero-order valence-corrected chi connectivity index (χ0v) is 14.3. The van der Waals surface area contributed by atoms with Crippen LogP contribution in [-0.4, -0.2) is 32.1 Å². The van der Waals surface area contributed by atoms with Crippen LogP contribution in [0, 0.1) is 0 Å². The third-order valence-corrected chi connectivity index (χ3v) is 5.22. The van der Waals surface area contributed by atoms with Crippen LogP contribution < -0.4 is 4.72 Å². The molecule has 3 rings (SSSR count). The third kappa shape index (κ3) is 3.21. The smallest absolute Gasteiger partial charge is 0.243 e. The van der Waals surface area contributed by atoms with E-state index in [1.54, 1.807) is 24.4 Å². The van der Waals surface area contributed by atoms with Gasteiger partial charge in [0.05, 0.1) is 6.61 Å². The minimum absolute atomic E-state index is 0.147. The summed E-state index contributed by atoms with van der Waals surface area (Å²) in [6.07, 6.45) is 3.77. The molecule has 3 aromatic rings. The summed E-state index contributed by atoms with van der Waals surface area (Å²) in [6, 6.07) is 6.40. The number of methoxy groups -OCH3 is 1. The van der Waals surface area contributed by atoms with E-state index in [2.05, 4.69) is 14.7 Å². The number of aromatic amines is 1. The van der Waals surface area contributed by atoms with Crippen molar-refractivity contribution >= 4 is 21.1 Å². The molecule has 0 spiro atoms. The van der Waals surface area contributed by atoms with Crippen molar-refractivity contribution in [2.24, 2.45) is 0 Å². The van der Waals surface area contributed by atoms with Crippen molar-refractivity contribution in [3.8, 4) is 0 Å². The van der Waals surface area contributed by atoms with Gasteiger partial charge in [-0.2, -0.15) is 4.72 Å². The van der Waals surface area contributed by atoms with Crippen LogP contribution in [0.4, 0.5) is 0 Å². The number of hydrogen-bond donors (Lipinski definition) is 2. The van der Waals surface area contributed by atoms with Gasteiger partial charge in [-0.3, -0.25) is 0 Å². The summed E-state index contributed by atoms with van der Waals surface area (Å²) >= 11 is 0. The van der Waals surface area contributed by atoms with Crippen molar-refractivity contribution in [3.63, 3.8) is 0 Å². The molecule has 0 radical (unpaired) electrons. The van der Waals surface area contributed by atoms with E-state index in [1.807, 2.05) is 13.0 Å². The highest BCUT2D eigenvalue weighted by molar-refractivity contribution is 7.89. The molecule has 0 saturated carbocycles. The van der Waals surface area contributed by atoms with Gasteiger partial charge in [-0.1, -0.05) is 6.92 Å². The predicted molar refractivity (Wildman–Crippen MR) is 89.1 cm³/mol. The minimum atomic E-state index is -3.77. The molecule has 0 unspecified atom stereocenters. The van der Waals surface area contributed by atoms with Crippen LogP contribution in [0.2, 0.25) is 0 Å². The Kier molecular flexibility index (Phi) is 4.70. The van der Waals surface area contributed by atoms with E-state index in [4.69, 9.17) is 9.15 Å². The fourth-order valence-corrected chi connectivity index (χ4v) is 3.87. The standard InChI is InChI=1S/C16H19N3O4S/c1-3-11-6-7-14(23-11)13(10-22-2)19-24(20,21)15-9-18-16-12(15)5-4-8-17-16/h4-9,13,19H,3,10H2,1-2H3,(H,17,18)/t13-/m1/s1. The first-order valence-corrected chi connectivity index (χ1v) is 9.05. The fraction of sp³-hybridized carbons (Fsp3) is 0.312. The first-order valence-electron chi connectivity index (χ1n) is 7.57. The highest BCUT2D eigenvalue weighted by Crippen LogP contribution is 2.24. The first-order chi connectivity index (χ1) is 11.5. The van der Waals surface area contributed by atoms with Gasteiger partial charge in [0.15, 0.2) is 0 Å². The largest absolute Gasteiger partial charge is 0.464 e. The average molecular weight is 349 g/mol. The Morgan fingerprint density at radius 3 is 2.92 bits per heavy atom. The van der Waals surface area contributed by atoms with Gasteiger partial charge in [-0.15, -0.1) is 0 Å². The van der Waals surface area contributed by atoms with Crippen LogP contribution in [0.3, 0.4) is 0 Å². The molecule has 8 heteroatoms. The molecule has 0 fully saturated rings. The summed E-state index contributed by atoms with van der Waals surface area (Å²) in [7, 11) is -2.26. The van der Waals surface area contributed by atoms with Crippen molar-refractivity contribution in [2.75, 3.05) is 13.7 Å². The summed E-state index contributed by atoms with van der Waals surface area (Å²) < 4.78 is 39.0. The summed E-state index contributed by atoms with van der Waals surface area (Å²) in [6.45, 7) is 2.13. The number of aryl methyl sites for hydroxylation is 1. The van der Waals surface area contributed by atoms with Crippen molar-refractivity contribution in [1.82, 2.24) is 14.7 Å². The van der Waals surface area contributed by atoms with Gasteiger partial charge in [0.25, 0.3) is 0 Å². The van der Waals surface area contributed by atoms with Gasteiger partial charge in [0, 0.05) is 31.3 Å². The second kappa shape index (κ2) is 6.76. The molecular weight excluding hydrogens is 330 g/mol. The number of aromatic nitrogens is 2. The number of furan rings is 1. The van der Waals surface area contributed by atoms with Gasteiger partial charge in [0.1, 0.15) is 28.1 Å². The Hall–Kier alpha value is -2.16. The molecular formula is C16H19N3O4S. The van der Waals surface area contributed by atoms with E-state index in [9.17, 15) is 8.42 Å². The quantitative estimate of drug-likeness (QED) is 0.682.